The van der Waals surface area contributed by atoms with E-state index in [0.29, 0.717) is 12.0 Å². The van der Waals surface area contributed by atoms with Gasteiger partial charge in [-0.05, 0) is 24.7 Å². The van der Waals surface area contributed by atoms with Crippen LogP contribution in [0.4, 0.5) is 0 Å². The van der Waals surface area contributed by atoms with Gasteiger partial charge in [0.05, 0.1) is 6.42 Å². The summed E-state index contributed by atoms with van der Waals surface area (Å²) in [7, 11) is 0. The molecule has 4 heteroatoms. The smallest absolute Gasteiger partial charge is 0.303 e. The molecule has 0 saturated heterocycles. The minimum Gasteiger partial charge on any atom is -0.481 e. The van der Waals surface area contributed by atoms with Gasteiger partial charge in [-0.15, -0.1) is 0 Å². The van der Waals surface area contributed by atoms with E-state index in [0.717, 1.165) is 24.8 Å². The monoisotopic (exact) mass is 307 g/mol. The second kappa shape index (κ2) is 10.8. The highest BCUT2D eigenvalue weighted by Crippen LogP contribution is 2.21. The van der Waals surface area contributed by atoms with Gasteiger partial charge in [-0.2, -0.15) is 0 Å². The lowest BCUT2D eigenvalue weighted by atomic mass is 9.90. The number of hydrogen-bond acceptors (Lipinski definition) is 2. The molecule has 0 atom stereocenters. The van der Waals surface area contributed by atoms with Crippen molar-refractivity contribution in [2.75, 3.05) is 6.54 Å². The van der Waals surface area contributed by atoms with Crippen molar-refractivity contribution in [3.8, 4) is 0 Å². The SMILES string of the molecule is C=CC=CC(=CCCC(C)(C)C)CCNC(=O)CCC(=O)O. The minimum absolute atomic E-state index is 0.0287. The van der Waals surface area contributed by atoms with Crippen LogP contribution < -0.4 is 5.32 Å². The molecule has 0 unspecified atom stereocenters. The lowest BCUT2D eigenvalue weighted by Gasteiger charge is -2.16. The molecular weight excluding hydrogens is 278 g/mol. The summed E-state index contributed by atoms with van der Waals surface area (Å²) >= 11 is 0. The van der Waals surface area contributed by atoms with Gasteiger partial charge in [0.2, 0.25) is 5.91 Å². The van der Waals surface area contributed by atoms with Gasteiger partial charge in [-0.3, -0.25) is 9.59 Å². The van der Waals surface area contributed by atoms with Crippen LogP contribution in [0.25, 0.3) is 0 Å². The first-order valence-corrected chi connectivity index (χ1v) is 7.71. The molecule has 0 aliphatic carbocycles. The predicted molar refractivity (Wildman–Crippen MR) is 90.6 cm³/mol. The molecule has 22 heavy (non-hydrogen) atoms. The fraction of sp³-hybridized carbons (Fsp3) is 0.556. The van der Waals surface area contributed by atoms with Crippen LogP contribution >= 0.6 is 0 Å². The lowest BCUT2D eigenvalue weighted by molar-refractivity contribution is -0.138. The standard InChI is InChI=1S/C18H29NO3/c1-5-6-8-15(9-7-13-18(2,3)4)12-14-19-16(20)10-11-17(21)22/h5-6,8-9H,1,7,10-14H2,2-4H3,(H,19,20)(H,21,22). The molecule has 0 aromatic rings. The zero-order valence-corrected chi connectivity index (χ0v) is 14.0. The average molecular weight is 307 g/mol. The number of nitrogens with one attached hydrogen (secondary N) is 1. The van der Waals surface area contributed by atoms with E-state index in [2.05, 4.69) is 38.7 Å². The third-order valence-electron chi connectivity index (χ3n) is 3.05. The number of carboxylic acid groups (broad SMARTS) is 1. The Balaban J connectivity index is 4.27. The molecule has 4 nitrogen and oxygen atoms in total. The number of hydrogen-bond donors (Lipinski definition) is 2. The number of amides is 1. The van der Waals surface area contributed by atoms with Crippen LogP contribution in [0.1, 0.15) is 52.9 Å². The van der Waals surface area contributed by atoms with Crippen molar-refractivity contribution in [1.29, 1.82) is 0 Å². The second-order valence-electron chi connectivity index (χ2n) is 6.47. The Morgan fingerprint density at radius 3 is 2.41 bits per heavy atom. The van der Waals surface area contributed by atoms with E-state index >= 15 is 0 Å². The molecule has 1 amide bonds. The van der Waals surface area contributed by atoms with Crippen LogP contribution in [0.2, 0.25) is 0 Å². The quantitative estimate of drug-likeness (QED) is 0.602. The van der Waals surface area contributed by atoms with Crippen molar-refractivity contribution < 1.29 is 14.7 Å². The van der Waals surface area contributed by atoms with Gasteiger partial charge in [-0.1, -0.05) is 57.2 Å². The largest absolute Gasteiger partial charge is 0.481 e. The summed E-state index contributed by atoms with van der Waals surface area (Å²) in [6.07, 6.45) is 10.5. The number of carboxylic acids is 1. The highest BCUT2D eigenvalue weighted by Gasteiger charge is 2.08. The summed E-state index contributed by atoms with van der Waals surface area (Å²) in [4.78, 5) is 21.9. The molecule has 0 aliphatic rings. The maximum absolute atomic E-state index is 11.5. The molecule has 2 N–H and O–H groups in total. The average Bonchev–Trinajstić information content (AvgIpc) is 2.40. The van der Waals surface area contributed by atoms with Crippen molar-refractivity contribution in [3.05, 3.63) is 36.5 Å². The van der Waals surface area contributed by atoms with E-state index in [1.165, 1.54) is 0 Å². The fourth-order valence-electron chi connectivity index (χ4n) is 1.79. The number of rotatable bonds is 10. The molecule has 0 aliphatic heterocycles. The lowest BCUT2D eigenvalue weighted by Crippen LogP contribution is -2.25. The number of aliphatic carboxylic acids is 1. The minimum atomic E-state index is -0.952. The van der Waals surface area contributed by atoms with Gasteiger partial charge in [0.15, 0.2) is 0 Å². The first kappa shape index (κ1) is 20.2. The zero-order chi connectivity index (χ0) is 17.0. The second-order valence-corrected chi connectivity index (χ2v) is 6.47. The van der Waals surface area contributed by atoms with Crippen molar-refractivity contribution >= 4 is 11.9 Å². The molecule has 0 radical (unpaired) electrons. The molecule has 0 aromatic carbocycles. The Bertz CT molecular complexity index is 428. The highest BCUT2D eigenvalue weighted by molar-refractivity contribution is 5.80. The van der Waals surface area contributed by atoms with Crippen molar-refractivity contribution in [3.63, 3.8) is 0 Å². The van der Waals surface area contributed by atoms with E-state index in [-0.39, 0.29) is 18.7 Å². The fourth-order valence-corrected chi connectivity index (χ4v) is 1.79. The molecule has 124 valence electrons. The van der Waals surface area contributed by atoms with Crippen molar-refractivity contribution in [2.45, 2.75) is 52.9 Å². The van der Waals surface area contributed by atoms with Gasteiger partial charge in [-0.25, -0.2) is 0 Å². The maximum atomic E-state index is 11.5. The van der Waals surface area contributed by atoms with E-state index in [1.807, 2.05) is 12.2 Å². The third kappa shape index (κ3) is 13.2. The third-order valence-corrected chi connectivity index (χ3v) is 3.05. The number of carbonyl (C=O) groups is 2. The Labute approximate surface area is 134 Å². The Hall–Kier alpha value is -1.84. The first-order valence-electron chi connectivity index (χ1n) is 7.71. The summed E-state index contributed by atoms with van der Waals surface area (Å²) in [5, 5.41) is 11.3. The van der Waals surface area contributed by atoms with Crippen LogP contribution in [0, 0.1) is 5.41 Å². The highest BCUT2D eigenvalue weighted by atomic mass is 16.4. The Kier molecular flexibility index (Phi) is 9.92. The van der Waals surface area contributed by atoms with Crippen molar-refractivity contribution in [1.82, 2.24) is 5.32 Å². The molecule has 0 aromatic heterocycles. The first-order chi connectivity index (χ1) is 10.2. The van der Waals surface area contributed by atoms with E-state index < -0.39 is 5.97 Å². The maximum Gasteiger partial charge on any atom is 0.303 e. The summed E-state index contributed by atoms with van der Waals surface area (Å²) in [6.45, 7) is 10.8. The number of allylic oxidation sites excluding steroid dienone is 4. The zero-order valence-electron chi connectivity index (χ0n) is 14.0. The van der Waals surface area contributed by atoms with Crippen LogP contribution in [0.15, 0.2) is 36.5 Å². The van der Waals surface area contributed by atoms with E-state index in [4.69, 9.17) is 5.11 Å². The molecular formula is C18H29NO3. The van der Waals surface area contributed by atoms with Crippen LogP contribution in [0.3, 0.4) is 0 Å². The van der Waals surface area contributed by atoms with Crippen LogP contribution in [-0.4, -0.2) is 23.5 Å². The van der Waals surface area contributed by atoms with E-state index in [1.54, 1.807) is 6.08 Å². The van der Waals surface area contributed by atoms with Gasteiger partial charge in [0.1, 0.15) is 0 Å². The summed E-state index contributed by atoms with van der Waals surface area (Å²) in [5.41, 5.74) is 1.46. The summed E-state index contributed by atoms with van der Waals surface area (Å²) in [5.74, 6) is -1.17. The summed E-state index contributed by atoms with van der Waals surface area (Å²) < 4.78 is 0. The van der Waals surface area contributed by atoms with Gasteiger partial charge < -0.3 is 10.4 Å². The number of carbonyl (C=O) groups excluding carboxylic acids is 1. The molecule has 0 saturated carbocycles. The Morgan fingerprint density at radius 1 is 1.18 bits per heavy atom. The molecule has 0 rings (SSSR count). The van der Waals surface area contributed by atoms with Gasteiger partial charge in [0.25, 0.3) is 0 Å². The topological polar surface area (TPSA) is 66.4 Å². The van der Waals surface area contributed by atoms with Crippen molar-refractivity contribution in [2.24, 2.45) is 5.41 Å². The molecule has 0 fully saturated rings. The molecule has 0 bridgehead atoms. The Morgan fingerprint density at radius 2 is 1.86 bits per heavy atom. The van der Waals surface area contributed by atoms with Crippen LogP contribution in [-0.2, 0) is 9.59 Å². The molecule has 0 heterocycles. The normalized spacial score (nSPS) is 12.4. The van der Waals surface area contributed by atoms with Gasteiger partial charge in [0, 0.05) is 13.0 Å². The van der Waals surface area contributed by atoms with E-state index in [9.17, 15) is 9.59 Å². The van der Waals surface area contributed by atoms with Crippen LogP contribution in [0.5, 0.6) is 0 Å². The molecule has 0 spiro atoms. The predicted octanol–water partition coefficient (Wildman–Crippen LogP) is 3.85. The van der Waals surface area contributed by atoms with Gasteiger partial charge >= 0.3 is 5.97 Å². The summed E-state index contributed by atoms with van der Waals surface area (Å²) in [6, 6.07) is 0.